The molecule has 0 unspecified atom stereocenters. The van der Waals surface area contributed by atoms with Crippen molar-refractivity contribution < 1.29 is 24.1 Å². The summed E-state index contributed by atoms with van der Waals surface area (Å²) in [5.74, 6) is 2.60. The molecule has 3 heterocycles. The summed E-state index contributed by atoms with van der Waals surface area (Å²) in [5.41, 5.74) is 2.10. The molecule has 172 valence electrons. The fourth-order valence-corrected chi connectivity index (χ4v) is 5.44. The molecule has 0 spiro atoms. The molecule has 8 heteroatoms. The maximum absolute atomic E-state index is 11.9. The molecule has 0 bridgehead atoms. The molecule has 2 aromatic rings. The first-order valence-electron chi connectivity index (χ1n) is 11.5. The van der Waals surface area contributed by atoms with Gasteiger partial charge in [-0.15, -0.1) is 0 Å². The van der Waals surface area contributed by atoms with Gasteiger partial charge in [0.15, 0.2) is 11.5 Å². The summed E-state index contributed by atoms with van der Waals surface area (Å²) in [6.07, 6.45) is 3.35. The molecule has 1 aromatic heterocycles. The van der Waals surface area contributed by atoms with Gasteiger partial charge in [0, 0.05) is 31.7 Å². The molecule has 5 rings (SSSR count). The van der Waals surface area contributed by atoms with Crippen molar-refractivity contribution in [1.29, 1.82) is 0 Å². The first-order valence-corrected chi connectivity index (χ1v) is 11.5. The number of aryl methyl sites for hydroxylation is 1. The van der Waals surface area contributed by atoms with Crippen LogP contribution in [0.4, 0.5) is 0 Å². The number of ether oxygens (including phenoxy) is 4. The Hall–Kier alpha value is -2.58. The number of likely N-dealkylation sites (tertiary alicyclic amines) is 1. The zero-order valence-electron chi connectivity index (χ0n) is 19.0. The maximum Gasteiger partial charge on any atom is 0.319 e. The first-order chi connectivity index (χ1) is 15.5. The summed E-state index contributed by atoms with van der Waals surface area (Å²) >= 11 is 0. The number of aromatic nitrogens is 2. The Morgan fingerprint density at radius 1 is 1.16 bits per heavy atom. The minimum absolute atomic E-state index is 0.109. The molecule has 8 nitrogen and oxygen atoms in total. The Kier molecular flexibility index (Phi) is 5.59. The molecule has 1 aliphatic carbocycles. The Bertz CT molecular complexity index is 1000. The van der Waals surface area contributed by atoms with E-state index in [1.807, 2.05) is 13.8 Å². The molecule has 2 aliphatic heterocycles. The van der Waals surface area contributed by atoms with Gasteiger partial charge in [-0.25, -0.2) is 4.98 Å². The van der Waals surface area contributed by atoms with Gasteiger partial charge in [0.1, 0.15) is 5.60 Å². The van der Waals surface area contributed by atoms with E-state index in [-0.39, 0.29) is 18.7 Å². The zero-order valence-corrected chi connectivity index (χ0v) is 19.0. The monoisotopic (exact) mass is 441 g/mol. The van der Waals surface area contributed by atoms with Crippen molar-refractivity contribution in [3.8, 4) is 23.4 Å². The number of benzene rings is 1. The van der Waals surface area contributed by atoms with E-state index in [9.17, 15) is 5.11 Å². The van der Waals surface area contributed by atoms with Crippen molar-refractivity contribution in [3.63, 3.8) is 0 Å². The molecule has 1 N–H and O–H groups in total. The predicted octanol–water partition coefficient (Wildman–Crippen LogP) is 3.04. The van der Waals surface area contributed by atoms with Crippen molar-refractivity contribution >= 4 is 0 Å². The number of hydrogen-bond donors (Lipinski definition) is 1. The highest BCUT2D eigenvalue weighted by molar-refractivity contribution is 5.48. The average Bonchev–Trinajstić information content (AvgIpc) is 3.46. The van der Waals surface area contributed by atoms with Crippen LogP contribution in [0.1, 0.15) is 43.4 Å². The summed E-state index contributed by atoms with van der Waals surface area (Å²) < 4.78 is 22.3. The third-order valence-electron chi connectivity index (χ3n) is 7.00. The van der Waals surface area contributed by atoms with Gasteiger partial charge in [-0.3, -0.25) is 4.90 Å². The highest BCUT2D eigenvalue weighted by Gasteiger charge is 2.54. The molecule has 0 amide bonds. The molecule has 3 aliphatic rings. The third-order valence-corrected chi connectivity index (χ3v) is 7.00. The van der Waals surface area contributed by atoms with Crippen LogP contribution in [0, 0.1) is 18.8 Å². The van der Waals surface area contributed by atoms with E-state index in [1.165, 1.54) is 11.1 Å². The van der Waals surface area contributed by atoms with Crippen LogP contribution in [0.5, 0.6) is 23.4 Å². The second kappa shape index (κ2) is 8.41. The van der Waals surface area contributed by atoms with E-state index in [2.05, 4.69) is 33.9 Å². The standard InChI is InChI=1S/C24H31N3O5/c1-4-29-22-18(10-25-23(26-22)30-5-2)24(28)7-6-16-11-27(13-19(16)24)12-17-9-21-20(8-15(17)3)31-14-32-21/h8-10,16,19,28H,4-7,11-14H2,1-3H3/t16-,19+,24+/m0/s1. The summed E-state index contributed by atoms with van der Waals surface area (Å²) in [6, 6.07) is 4.42. The number of aliphatic hydroxyl groups is 1. The Balaban J connectivity index is 1.37. The van der Waals surface area contributed by atoms with Crippen LogP contribution < -0.4 is 18.9 Å². The first kappa shape index (κ1) is 21.3. The summed E-state index contributed by atoms with van der Waals surface area (Å²) in [7, 11) is 0. The quantitative estimate of drug-likeness (QED) is 0.702. The van der Waals surface area contributed by atoms with Gasteiger partial charge in [0.2, 0.25) is 12.7 Å². The minimum atomic E-state index is -1.00. The van der Waals surface area contributed by atoms with Crippen LogP contribution in [-0.2, 0) is 12.1 Å². The van der Waals surface area contributed by atoms with Crippen LogP contribution in [0.3, 0.4) is 0 Å². The van der Waals surface area contributed by atoms with Gasteiger partial charge in [-0.1, -0.05) is 0 Å². The molecule has 0 radical (unpaired) electrons. The molecular weight excluding hydrogens is 410 g/mol. The van der Waals surface area contributed by atoms with E-state index in [1.54, 1.807) is 6.20 Å². The molecule has 1 saturated carbocycles. The van der Waals surface area contributed by atoms with E-state index in [4.69, 9.17) is 18.9 Å². The van der Waals surface area contributed by atoms with Gasteiger partial charge in [-0.2, -0.15) is 4.98 Å². The maximum atomic E-state index is 11.9. The molecule has 2 fully saturated rings. The SMILES string of the molecule is CCOc1ncc([C@]2(O)CC[C@H]3CN(Cc4cc5c(cc4C)OCO5)C[C@H]32)c(OCC)n1. The third kappa shape index (κ3) is 3.65. The van der Waals surface area contributed by atoms with Crippen LogP contribution in [0.2, 0.25) is 0 Å². The van der Waals surface area contributed by atoms with Gasteiger partial charge >= 0.3 is 6.01 Å². The lowest BCUT2D eigenvalue weighted by molar-refractivity contribution is -0.0101. The smallest absolute Gasteiger partial charge is 0.319 e. The van der Waals surface area contributed by atoms with Gasteiger partial charge < -0.3 is 24.1 Å². The van der Waals surface area contributed by atoms with E-state index in [0.717, 1.165) is 37.6 Å². The van der Waals surface area contributed by atoms with Crippen LogP contribution in [0.15, 0.2) is 18.3 Å². The second-order valence-electron chi connectivity index (χ2n) is 8.89. The summed E-state index contributed by atoms with van der Waals surface area (Å²) in [4.78, 5) is 11.2. The Morgan fingerprint density at radius 3 is 2.72 bits per heavy atom. The zero-order chi connectivity index (χ0) is 22.3. The van der Waals surface area contributed by atoms with Crippen molar-refractivity contribution in [2.24, 2.45) is 11.8 Å². The number of fused-ring (bicyclic) bond motifs is 2. The lowest BCUT2D eigenvalue weighted by Gasteiger charge is -2.31. The van der Waals surface area contributed by atoms with Crippen molar-refractivity contribution in [2.45, 2.75) is 45.8 Å². The average molecular weight is 442 g/mol. The Labute approximate surface area is 188 Å². The predicted molar refractivity (Wildman–Crippen MR) is 117 cm³/mol. The van der Waals surface area contributed by atoms with Gasteiger partial charge in [0.05, 0.1) is 18.8 Å². The summed E-state index contributed by atoms with van der Waals surface area (Å²) in [6.45, 7) is 9.74. The number of nitrogens with zero attached hydrogens (tertiary/aromatic N) is 3. The molecular formula is C24H31N3O5. The van der Waals surface area contributed by atoms with Crippen LogP contribution in [-0.4, -0.2) is 53.1 Å². The van der Waals surface area contributed by atoms with E-state index in [0.29, 0.717) is 37.0 Å². The fourth-order valence-electron chi connectivity index (χ4n) is 5.44. The topological polar surface area (TPSA) is 86.2 Å². The molecule has 32 heavy (non-hydrogen) atoms. The molecule has 1 saturated heterocycles. The number of hydrogen-bond acceptors (Lipinski definition) is 8. The highest BCUT2D eigenvalue weighted by atomic mass is 16.7. The van der Waals surface area contributed by atoms with E-state index < -0.39 is 5.60 Å². The second-order valence-corrected chi connectivity index (χ2v) is 8.89. The lowest BCUT2D eigenvalue weighted by Crippen LogP contribution is -2.35. The van der Waals surface area contributed by atoms with Crippen molar-refractivity contribution in [2.75, 3.05) is 33.1 Å². The molecule has 1 aromatic carbocycles. The van der Waals surface area contributed by atoms with Crippen LogP contribution >= 0.6 is 0 Å². The van der Waals surface area contributed by atoms with Crippen LogP contribution in [0.25, 0.3) is 0 Å². The number of rotatable bonds is 7. The van der Waals surface area contributed by atoms with Crippen molar-refractivity contribution in [1.82, 2.24) is 14.9 Å². The van der Waals surface area contributed by atoms with E-state index >= 15 is 0 Å². The van der Waals surface area contributed by atoms with Gasteiger partial charge in [-0.05, 0) is 62.8 Å². The highest BCUT2D eigenvalue weighted by Crippen LogP contribution is 2.52. The largest absolute Gasteiger partial charge is 0.478 e. The Morgan fingerprint density at radius 2 is 1.94 bits per heavy atom. The minimum Gasteiger partial charge on any atom is -0.478 e. The van der Waals surface area contributed by atoms with Gasteiger partial charge in [0.25, 0.3) is 0 Å². The summed E-state index contributed by atoms with van der Waals surface area (Å²) in [5, 5.41) is 11.9. The normalized spacial score (nSPS) is 26.4. The lowest BCUT2D eigenvalue weighted by atomic mass is 9.83. The fraction of sp³-hybridized carbons (Fsp3) is 0.583. The molecule has 3 atom stereocenters. The van der Waals surface area contributed by atoms with Crippen molar-refractivity contribution in [3.05, 3.63) is 35.0 Å².